The first-order valence-electron chi connectivity index (χ1n) is 6.95. The number of allylic oxidation sites excluding steroid dienone is 1. The second-order valence-electron chi connectivity index (χ2n) is 5.76. The first kappa shape index (κ1) is 13.2. The van der Waals surface area contributed by atoms with Crippen molar-refractivity contribution in [1.82, 2.24) is 14.7 Å². The van der Waals surface area contributed by atoms with Crippen LogP contribution in [0.3, 0.4) is 0 Å². The van der Waals surface area contributed by atoms with Gasteiger partial charge in [0.2, 0.25) is 0 Å². The van der Waals surface area contributed by atoms with Gasteiger partial charge in [0.15, 0.2) is 0 Å². The van der Waals surface area contributed by atoms with Crippen LogP contribution >= 0.6 is 0 Å². The van der Waals surface area contributed by atoms with Crippen LogP contribution in [-0.2, 0) is 0 Å². The van der Waals surface area contributed by atoms with Crippen molar-refractivity contribution in [2.75, 3.05) is 13.1 Å². The maximum absolute atomic E-state index is 4.70. The lowest BCUT2D eigenvalue weighted by Crippen LogP contribution is -2.34. The molecule has 0 N–H and O–H groups in total. The molecule has 1 saturated heterocycles. The lowest BCUT2D eigenvalue weighted by molar-refractivity contribution is 0.216. The molecule has 0 radical (unpaired) electrons. The molecule has 1 fully saturated rings. The monoisotopic (exact) mass is 247 g/mol. The minimum Gasteiger partial charge on any atom is -0.375 e. The van der Waals surface area contributed by atoms with Crippen LogP contribution in [0, 0.1) is 6.92 Å². The first-order chi connectivity index (χ1) is 8.49. The summed E-state index contributed by atoms with van der Waals surface area (Å²) in [5.74, 6) is 0.547. The summed E-state index contributed by atoms with van der Waals surface area (Å²) in [7, 11) is 0. The largest absolute Gasteiger partial charge is 0.375 e. The third kappa shape index (κ3) is 2.60. The molecular formula is C15H25N3. The summed E-state index contributed by atoms with van der Waals surface area (Å²) < 4.78 is 2.27. The second-order valence-corrected chi connectivity index (χ2v) is 5.76. The first-order valence-corrected chi connectivity index (χ1v) is 6.95. The lowest BCUT2D eigenvalue weighted by Gasteiger charge is -2.34. The van der Waals surface area contributed by atoms with Crippen molar-refractivity contribution in [3.05, 3.63) is 29.7 Å². The van der Waals surface area contributed by atoms with Gasteiger partial charge in [-0.1, -0.05) is 20.4 Å². The van der Waals surface area contributed by atoms with Gasteiger partial charge in [-0.25, -0.2) is 0 Å². The highest BCUT2D eigenvalue weighted by molar-refractivity contribution is 5.13. The zero-order valence-corrected chi connectivity index (χ0v) is 12.1. The van der Waals surface area contributed by atoms with Gasteiger partial charge in [0, 0.05) is 24.5 Å². The fraction of sp³-hybridized carbons (Fsp3) is 0.667. The molecule has 0 aromatic carbocycles. The molecule has 0 spiro atoms. The number of hydrogen-bond donors (Lipinski definition) is 0. The lowest BCUT2D eigenvalue weighted by atomic mass is 10.0. The quantitative estimate of drug-likeness (QED) is 0.815. The van der Waals surface area contributed by atoms with E-state index < -0.39 is 0 Å². The van der Waals surface area contributed by atoms with Crippen LogP contribution in [0.25, 0.3) is 0 Å². The van der Waals surface area contributed by atoms with E-state index in [1.165, 1.54) is 24.2 Å². The van der Waals surface area contributed by atoms with Crippen LogP contribution in [0.1, 0.15) is 57.0 Å². The fourth-order valence-corrected chi connectivity index (χ4v) is 2.75. The number of likely N-dealkylation sites (tertiary alicyclic amines) is 1. The predicted octanol–water partition coefficient (Wildman–Crippen LogP) is 3.49. The third-order valence-corrected chi connectivity index (χ3v) is 3.83. The molecule has 1 aliphatic rings. The Bertz CT molecular complexity index is 423. The molecule has 0 saturated carbocycles. The topological polar surface area (TPSA) is 21.1 Å². The Morgan fingerprint density at radius 3 is 2.50 bits per heavy atom. The van der Waals surface area contributed by atoms with E-state index in [1.54, 1.807) is 0 Å². The summed E-state index contributed by atoms with van der Waals surface area (Å²) >= 11 is 0. The van der Waals surface area contributed by atoms with E-state index in [-0.39, 0.29) is 0 Å². The highest BCUT2D eigenvalue weighted by Crippen LogP contribution is 2.28. The number of hydrogen-bond acceptors (Lipinski definition) is 2. The summed E-state index contributed by atoms with van der Waals surface area (Å²) in [6.45, 7) is 14.9. The van der Waals surface area contributed by atoms with Crippen LogP contribution in [-0.4, -0.2) is 27.8 Å². The summed E-state index contributed by atoms with van der Waals surface area (Å²) in [5.41, 5.74) is 3.71. The molecule has 0 amide bonds. The van der Waals surface area contributed by atoms with Crippen molar-refractivity contribution in [2.45, 2.75) is 52.5 Å². The Labute approximate surface area is 110 Å². The Balaban J connectivity index is 2.12. The average molecular weight is 247 g/mol. The maximum Gasteiger partial charge on any atom is 0.0596 e. The van der Waals surface area contributed by atoms with Gasteiger partial charge in [-0.2, -0.15) is 5.10 Å². The molecule has 2 heterocycles. The van der Waals surface area contributed by atoms with E-state index in [2.05, 4.69) is 49.9 Å². The van der Waals surface area contributed by atoms with E-state index in [0.29, 0.717) is 12.0 Å². The van der Waals surface area contributed by atoms with E-state index in [0.717, 1.165) is 18.8 Å². The molecule has 3 heteroatoms. The second kappa shape index (κ2) is 5.17. The number of aryl methyl sites for hydroxylation is 1. The van der Waals surface area contributed by atoms with E-state index in [9.17, 15) is 0 Å². The molecule has 18 heavy (non-hydrogen) atoms. The van der Waals surface area contributed by atoms with Crippen LogP contribution in [0.15, 0.2) is 18.3 Å². The smallest absolute Gasteiger partial charge is 0.0596 e. The van der Waals surface area contributed by atoms with Gasteiger partial charge in [0.05, 0.1) is 11.7 Å². The molecule has 0 bridgehead atoms. The van der Waals surface area contributed by atoms with Crippen molar-refractivity contribution in [1.29, 1.82) is 0 Å². The van der Waals surface area contributed by atoms with Crippen LogP contribution in [0.4, 0.5) is 0 Å². The molecule has 100 valence electrons. The van der Waals surface area contributed by atoms with E-state index >= 15 is 0 Å². The van der Waals surface area contributed by atoms with Gasteiger partial charge in [0.25, 0.3) is 0 Å². The Morgan fingerprint density at radius 2 is 2.00 bits per heavy atom. The van der Waals surface area contributed by atoms with Gasteiger partial charge in [0.1, 0.15) is 0 Å². The van der Waals surface area contributed by atoms with Crippen LogP contribution in [0.5, 0.6) is 0 Å². The summed E-state index contributed by atoms with van der Waals surface area (Å²) in [6, 6.07) is 2.79. The molecule has 0 atom stereocenters. The van der Waals surface area contributed by atoms with Crippen LogP contribution < -0.4 is 0 Å². The minimum absolute atomic E-state index is 0.547. The Hall–Kier alpha value is -1.25. The Kier molecular flexibility index (Phi) is 3.79. The fourth-order valence-electron chi connectivity index (χ4n) is 2.75. The maximum atomic E-state index is 4.70. The standard InChI is InChI=1S/C15H25N3/c1-11(2)15-10-13(5)16-18(15)14-6-8-17(9-7-14)12(3)4/h10-11,14H,3,6-9H2,1-2,4-5H3. The van der Waals surface area contributed by atoms with Gasteiger partial charge >= 0.3 is 0 Å². The molecule has 2 rings (SSSR count). The van der Waals surface area contributed by atoms with Gasteiger partial charge in [-0.15, -0.1) is 0 Å². The van der Waals surface area contributed by atoms with Crippen molar-refractivity contribution in [3.8, 4) is 0 Å². The van der Waals surface area contributed by atoms with Gasteiger partial charge in [-0.05, 0) is 38.7 Å². The predicted molar refractivity (Wildman–Crippen MR) is 75.7 cm³/mol. The highest BCUT2D eigenvalue weighted by atomic mass is 15.3. The zero-order chi connectivity index (χ0) is 13.3. The number of piperidine rings is 1. The summed E-state index contributed by atoms with van der Waals surface area (Å²) in [4.78, 5) is 2.38. The number of nitrogens with zero attached hydrogens (tertiary/aromatic N) is 3. The van der Waals surface area contributed by atoms with Crippen molar-refractivity contribution in [3.63, 3.8) is 0 Å². The molecule has 3 nitrogen and oxygen atoms in total. The van der Waals surface area contributed by atoms with Crippen molar-refractivity contribution >= 4 is 0 Å². The molecule has 0 unspecified atom stereocenters. The average Bonchev–Trinajstić information content (AvgIpc) is 2.71. The molecule has 1 aromatic heterocycles. The van der Waals surface area contributed by atoms with E-state index in [4.69, 9.17) is 5.10 Å². The Morgan fingerprint density at radius 1 is 1.39 bits per heavy atom. The molecular weight excluding hydrogens is 222 g/mol. The van der Waals surface area contributed by atoms with Gasteiger partial charge < -0.3 is 4.90 Å². The normalized spacial score (nSPS) is 17.5. The SMILES string of the molecule is C=C(C)N1CCC(n2nc(C)cc2C(C)C)CC1. The van der Waals surface area contributed by atoms with Crippen molar-refractivity contribution in [2.24, 2.45) is 0 Å². The van der Waals surface area contributed by atoms with Crippen LogP contribution in [0.2, 0.25) is 0 Å². The molecule has 0 aliphatic carbocycles. The summed E-state index contributed by atoms with van der Waals surface area (Å²) in [6.07, 6.45) is 2.35. The number of aromatic nitrogens is 2. The zero-order valence-electron chi connectivity index (χ0n) is 12.1. The molecule has 1 aromatic rings. The highest BCUT2D eigenvalue weighted by Gasteiger charge is 2.23. The summed E-state index contributed by atoms with van der Waals surface area (Å²) in [5, 5.41) is 4.70. The molecule has 1 aliphatic heterocycles. The third-order valence-electron chi connectivity index (χ3n) is 3.83. The van der Waals surface area contributed by atoms with E-state index in [1.807, 2.05) is 0 Å². The number of rotatable bonds is 3. The minimum atomic E-state index is 0.547. The van der Waals surface area contributed by atoms with Crippen molar-refractivity contribution < 1.29 is 0 Å². The van der Waals surface area contributed by atoms with Gasteiger partial charge in [-0.3, -0.25) is 4.68 Å².